The maximum absolute atomic E-state index is 14.3. The molecule has 0 aromatic heterocycles. The zero-order valence-electron chi connectivity index (χ0n) is 27.0. The highest BCUT2D eigenvalue weighted by atomic mass is 32.2. The molecule has 0 saturated heterocycles. The predicted octanol–water partition coefficient (Wildman–Crippen LogP) is 5.55. The van der Waals surface area contributed by atoms with Gasteiger partial charge in [-0.2, -0.15) is 0 Å². The van der Waals surface area contributed by atoms with Gasteiger partial charge in [0.2, 0.25) is 11.8 Å². The number of aryl methyl sites for hydroxylation is 3. The molecule has 0 radical (unpaired) electrons. The third kappa shape index (κ3) is 8.31. The van der Waals surface area contributed by atoms with Crippen LogP contribution in [0.25, 0.3) is 0 Å². The summed E-state index contributed by atoms with van der Waals surface area (Å²) in [6, 6.07) is 16.6. The Morgan fingerprint density at radius 1 is 0.818 bits per heavy atom. The molecule has 44 heavy (non-hydrogen) atoms. The van der Waals surface area contributed by atoms with Crippen molar-refractivity contribution in [2.75, 3.05) is 25.1 Å². The molecule has 0 heterocycles. The van der Waals surface area contributed by atoms with Gasteiger partial charge in [-0.3, -0.25) is 13.9 Å². The second-order valence-electron chi connectivity index (χ2n) is 11.1. The van der Waals surface area contributed by atoms with Gasteiger partial charge in [0.05, 0.1) is 24.8 Å². The normalized spacial score (nSPS) is 12.6. The summed E-state index contributed by atoms with van der Waals surface area (Å²) in [6.07, 6.45) is 1.09. The fourth-order valence-electron chi connectivity index (χ4n) is 4.98. The fraction of sp³-hybridized carbons (Fsp3) is 0.412. The lowest BCUT2D eigenvalue weighted by Gasteiger charge is -2.34. The first-order valence-electron chi connectivity index (χ1n) is 14.8. The largest absolute Gasteiger partial charge is 0.493 e. The van der Waals surface area contributed by atoms with Crippen molar-refractivity contribution < 1.29 is 27.5 Å². The Kier molecular flexibility index (Phi) is 11.8. The summed E-state index contributed by atoms with van der Waals surface area (Å²) < 4.78 is 40.4. The number of anilines is 1. The molecule has 0 spiro atoms. The lowest BCUT2D eigenvalue weighted by atomic mass is 10.1. The quantitative estimate of drug-likeness (QED) is 0.253. The molecule has 10 heteroatoms. The monoisotopic (exact) mass is 623 g/mol. The molecule has 2 amide bonds. The van der Waals surface area contributed by atoms with Crippen LogP contribution in [0.5, 0.6) is 11.5 Å². The van der Waals surface area contributed by atoms with Crippen LogP contribution in [-0.4, -0.2) is 58.0 Å². The van der Waals surface area contributed by atoms with Crippen LogP contribution in [-0.2, 0) is 26.2 Å². The van der Waals surface area contributed by atoms with E-state index in [9.17, 15) is 18.0 Å². The van der Waals surface area contributed by atoms with Crippen molar-refractivity contribution >= 4 is 27.5 Å². The van der Waals surface area contributed by atoms with Crippen molar-refractivity contribution in [1.82, 2.24) is 10.2 Å². The highest BCUT2D eigenvalue weighted by Gasteiger charge is 2.34. The minimum atomic E-state index is -4.28. The topological polar surface area (TPSA) is 105 Å². The highest BCUT2D eigenvalue weighted by molar-refractivity contribution is 7.92. The van der Waals surface area contributed by atoms with Crippen molar-refractivity contribution in [3.63, 3.8) is 0 Å². The number of carbonyl (C=O) groups excluding carboxylic acids is 2. The summed E-state index contributed by atoms with van der Waals surface area (Å²) in [6.45, 7) is 11.1. The average Bonchev–Trinajstić information content (AvgIpc) is 2.99. The molecule has 238 valence electrons. The van der Waals surface area contributed by atoms with Gasteiger partial charge < -0.3 is 19.7 Å². The average molecular weight is 624 g/mol. The van der Waals surface area contributed by atoms with Crippen molar-refractivity contribution in [1.29, 1.82) is 0 Å². The fourth-order valence-corrected chi connectivity index (χ4v) is 6.39. The van der Waals surface area contributed by atoms with Gasteiger partial charge in [-0.15, -0.1) is 0 Å². The van der Waals surface area contributed by atoms with Gasteiger partial charge in [-0.1, -0.05) is 49.7 Å². The van der Waals surface area contributed by atoms with Crippen LogP contribution >= 0.6 is 0 Å². The van der Waals surface area contributed by atoms with Crippen LogP contribution in [0.3, 0.4) is 0 Å². The van der Waals surface area contributed by atoms with Crippen LogP contribution in [0.1, 0.15) is 55.9 Å². The minimum Gasteiger partial charge on any atom is -0.493 e. The van der Waals surface area contributed by atoms with E-state index in [2.05, 4.69) is 5.32 Å². The van der Waals surface area contributed by atoms with Crippen LogP contribution in [0.2, 0.25) is 0 Å². The first-order chi connectivity index (χ1) is 20.8. The van der Waals surface area contributed by atoms with Crippen LogP contribution in [0.4, 0.5) is 5.69 Å². The summed E-state index contributed by atoms with van der Waals surface area (Å²) in [5.41, 5.74) is 3.93. The molecule has 0 fully saturated rings. The molecular formula is C34H45N3O6S. The Labute approximate surface area is 262 Å². The van der Waals surface area contributed by atoms with Crippen molar-refractivity contribution in [3.05, 3.63) is 82.9 Å². The summed E-state index contributed by atoms with van der Waals surface area (Å²) >= 11 is 0. The number of carbonyl (C=O) groups is 2. The van der Waals surface area contributed by atoms with E-state index >= 15 is 0 Å². The van der Waals surface area contributed by atoms with E-state index in [0.29, 0.717) is 17.9 Å². The van der Waals surface area contributed by atoms with Crippen molar-refractivity contribution in [3.8, 4) is 11.5 Å². The lowest BCUT2D eigenvalue weighted by Crippen LogP contribution is -2.53. The van der Waals surface area contributed by atoms with E-state index in [0.717, 1.165) is 33.0 Å². The van der Waals surface area contributed by atoms with Gasteiger partial charge in [-0.05, 0) is 81.5 Å². The van der Waals surface area contributed by atoms with Crippen LogP contribution < -0.4 is 19.1 Å². The van der Waals surface area contributed by atoms with Gasteiger partial charge in [0.15, 0.2) is 11.5 Å². The van der Waals surface area contributed by atoms with Gasteiger partial charge in [0.1, 0.15) is 12.6 Å². The molecular weight excluding hydrogens is 578 g/mol. The number of nitrogens with zero attached hydrogens (tertiary/aromatic N) is 2. The van der Waals surface area contributed by atoms with E-state index in [1.165, 1.54) is 37.3 Å². The summed E-state index contributed by atoms with van der Waals surface area (Å²) in [5.74, 6) is -0.153. The molecule has 0 aliphatic heterocycles. The van der Waals surface area contributed by atoms with Crippen molar-refractivity contribution in [2.45, 2.75) is 77.9 Å². The Balaban J connectivity index is 2.13. The maximum Gasteiger partial charge on any atom is 0.264 e. The lowest BCUT2D eigenvalue weighted by molar-refractivity contribution is -0.140. The first-order valence-corrected chi connectivity index (χ1v) is 16.3. The van der Waals surface area contributed by atoms with Gasteiger partial charge in [-0.25, -0.2) is 8.42 Å². The Morgan fingerprint density at radius 3 is 1.98 bits per heavy atom. The number of ether oxygens (including phenoxy) is 2. The number of hydrogen-bond acceptors (Lipinski definition) is 6. The maximum atomic E-state index is 14.3. The Bertz CT molecular complexity index is 1540. The van der Waals surface area contributed by atoms with Crippen molar-refractivity contribution in [2.24, 2.45) is 0 Å². The Hall–Kier alpha value is -4.05. The van der Waals surface area contributed by atoms with Gasteiger partial charge in [0.25, 0.3) is 10.0 Å². The minimum absolute atomic E-state index is 0.0613. The molecule has 0 aliphatic carbocycles. The molecule has 0 unspecified atom stereocenters. The van der Waals surface area contributed by atoms with E-state index < -0.39 is 28.5 Å². The number of methoxy groups -OCH3 is 2. The summed E-state index contributed by atoms with van der Waals surface area (Å²) in [7, 11) is -1.38. The highest BCUT2D eigenvalue weighted by Crippen LogP contribution is 2.33. The van der Waals surface area contributed by atoms with Crippen LogP contribution in [0.15, 0.2) is 65.6 Å². The van der Waals surface area contributed by atoms with E-state index in [4.69, 9.17) is 9.47 Å². The third-order valence-corrected chi connectivity index (χ3v) is 9.35. The predicted molar refractivity (Wildman–Crippen MR) is 174 cm³/mol. The zero-order chi connectivity index (χ0) is 32.6. The van der Waals surface area contributed by atoms with Gasteiger partial charge in [0, 0.05) is 18.7 Å². The molecule has 0 aliphatic rings. The SMILES string of the molecule is CC[C@H](C)NC(=O)[C@H](CC)N(Cc1ccc(C)cc1)C(=O)CN(c1cc(C)cc(C)c1)S(=O)(=O)c1ccc(OC)c(OC)c1. The number of amides is 2. The number of nitrogens with one attached hydrogen (secondary N) is 1. The molecule has 2 atom stereocenters. The smallest absolute Gasteiger partial charge is 0.264 e. The number of hydrogen-bond donors (Lipinski definition) is 1. The standard InChI is InChI=1S/C34H45N3O6S/c1-9-26(6)35-34(39)30(10-2)36(21-27-13-11-23(3)12-14-27)33(38)22-37(28-18-24(4)17-25(5)19-28)44(40,41)29-15-16-31(42-7)32(20-29)43-8/h11-20,26,30H,9-10,21-22H2,1-8H3,(H,35,39)/t26-,30-/m0/s1. The molecule has 3 rings (SSSR count). The van der Waals surface area contributed by atoms with E-state index in [-0.39, 0.29) is 29.1 Å². The number of sulfonamides is 1. The molecule has 0 saturated carbocycles. The number of rotatable bonds is 14. The van der Waals surface area contributed by atoms with Crippen LogP contribution in [0, 0.1) is 20.8 Å². The Morgan fingerprint density at radius 2 is 1.43 bits per heavy atom. The molecule has 1 N–H and O–H groups in total. The summed E-state index contributed by atoms with van der Waals surface area (Å²) in [4.78, 5) is 29.2. The molecule has 9 nitrogen and oxygen atoms in total. The summed E-state index contributed by atoms with van der Waals surface area (Å²) in [5, 5.41) is 3.00. The number of benzene rings is 3. The van der Waals surface area contributed by atoms with E-state index in [1.807, 2.05) is 71.9 Å². The first kappa shape index (κ1) is 34.4. The molecule has 3 aromatic rings. The van der Waals surface area contributed by atoms with E-state index in [1.54, 1.807) is 12.1 Å². The second kappa shape index (κ2) is 15.1. The molecule has 0 bridgehead atoms. The van der Waals surface area contributed by atoms with Gasteiger partial charge >= 0.3 is 0 Å². The zero-order valence-corrected chi connectivity index (χ0v) is 27.8. The second-order valence-corrected chi connectivity index (χ2v) is 13.0. The third-order valence-electron chi connectivity index (χ3n) is 7.58. The molecule has 3 aromatic carbocycles.